The van der Waals surface area contributed by atoms with Gasteiger partial charge in [0, 0.05) is 0 Å². The minimum atomic E-state index is 0.830. The van der Waals surface area contributed by atoms with Crippen molar-refractivity contribution in [1.29, 1.82) is 0 Å². The first-order chi connectivity index (χ1) is 5.25. The summed E-state index contributed by atoms with van der Waals surface area (Å²) in [5.74, 6) is 2.60. The van der Waals surface area contributed by atoms with Crippen molar-refractivity contribution in [1.82, 2.24) is 0 Å². The predicted molar refractivity (Wildman–Crippen MR) is 50.5 cm³/mol. The molecule has 0 nitrogen and oxygen atoms in total. The zero-order valence-corrected chi connectivity index (χ0v) is 8.01. The van der Waals surface area contributed by atoms with E-state index in [0.717, 1.165) is 17.8 Å². The first-order valence-electron chi connectivity index (χ1n) is 4.94. The molecular weight excluding hydrogens is 132 g/mol. The molecule has 0 aromatic heterocycles. The second-order valence-corrected chi connectivity index (χ2v) is 3.91. The summed E-state index contributed by atoms with van der Waals surface area (Å²) < 4.78 is 0. The van der Waals surface area contributed by atoms with Gasteiger partial charge < -0.3 is 0 Å². The summed E-state index contributed by atoms with van der Waals surface area (Å²) in [4.78, 5) is 0. The molecule has 1 unspecified atom stereocenters. The Bertz CT molecular complexity index is 123. The molecule has 0 heterocycles. The first-order valence-corrected chi connectivity index (χ1v) is 4.94. The lowest BCUT2D eigenvalue weighted by Crippen LogP contribution is -2.11. The predicted octanol–water partition coefficient (Wildman–Crippen LogP) is 3.63. The molecule has 0 N–H and O–H groups in total. The minimum Gasteiger partial charge on any atom is -0.0851 e. The molecule has 3 atom stereocenters. The van der Waals surface area contributed by atoms with E-state index >= 15 is 0 Å². The van der Waals surface area contributed by atoms with Gasteiger partial charge in [0.05, 0.1) is 0 Å². The zero-order valence-electron chi connectivity index (χ0n) is 8.01. The molecule has 11 heavy (non-hydrogen) atoms. The summed E-state index contributed by atoms with van der Waals surface area (Å²) in [5, 5.41) is 0. The molecule has 0 aromatic rings. The topological polar surface area (TPSA) is 0 Å². The number of hydrogen-bond donors (Lipinski definition) is 0. The normalized spacial score (nSPS) is 36.5. The van der Waals surface area contributed by atoms with E-state index in [1.807, 2.05) is 0 Å². The minimum absolute atomic E-state index is 0.830. The van der Waals surface area contributed by atoms with Crippen LogP contribution in [-0.4, -0.2) is 0 Å². The molecule has 0 amide bonds. The van der Waals surface area contributed by atoms with Crippen molar-refractivity contribution in [3.63, 3.8) is 0 Å². The highest BCUT2D eigenvalue weighted by Gasteiger charge is 2.24. The Kier molecular flexibility index (Phi) is 3.16. The van der Waals surface area contributed by atoms with Crippen LogP contribution in [0.4, 0.5) is 0 Å². The summed E-state index contributed by atoms with van der Waals surface area (Å²) >= 11 is 0. The van der Waals surface area contributed by atoms with Crippen LogP contribution in [0.1, 0.15) is 40.0 Å². The third-order valence-corrected chi connectivity index (χ3v) is 2.96. The van der Waals surface area contributed by atoms with Crippen molar-refractivity contribution in [3.8, 4) is 0 Å². The average Bonchev–Trinajstić information content (AvgIpc) is 2.29. The van der Waals surface area contributed by atoms with E-state index in [9.17, 15) is 0 Å². The van der Waals surface area contributed by atoms with Crippen molar-refractivity contribution in [2.24, 2.45) is 17.8 Å². The quantitative estimate of drug-likeness (QED) is 0.542. The lowest BCUT2D eigenvalue weighted by Gasteiger charge is -2.19. The number of rotatable bonds is 3. The fourth-order valence-corrected chi connectivity index (χ4v) is 2.08. The van der Waals surface area contributed by atoms with Gasteiger partial charge in [-0.3, -0.25) is 0 Å². The van der Waals surface area contributed by atoms with Gasteiger partial charge in [-0.1, -0.05) is 45.8 Å². The van der Waals surface area contributed by atoms with Crippen LogP contribution in [-0.2, 0) is 0 Å². The molecule has 1 aliphatic rings. The van der Waals surface area contributed by atoms with Gasteiger partial charge in [-0.25, -0.2) is 0 Å². The molecule has 0 bridgehead atoms. The highest BCUT2D eigenvalue weighted by molar-refractivity contribution is 5.03. The smallest absolute Gasteiger partial charge is 0.0228 e. The lowest BCUT2D eigenvalue weighted by molar-refractivity contribution is 0.335. The second-order valence-electron chi connectivity index (χ2n) is 3.91. The van der Waals surface area contributed by atoms with Gasteiger partial charge in [0.25, 0.3) is 0 Å². The Labute approximate surface area is 70.7 Å². The van der Waals surface area contributed by atoms with Gasteiger partial charge in [-0.2, -0.15) is 0 Å². The molecule has 0 aromatic carbocycles. The molecule has 0 saturated heterocycles. The SMILES string of the molecule is CCCCC1[C@H](C)C=C[C@@H]1C. The summed E-state index contributed by atoms with van der Waals surface area (Å²) in [6, 6.07) is 0. The molecular formula is C11H20. The van der Waals surface area contributed by atoms with Crippen molar-refractivity contribution in [2.45, 2.75) is 40.0 Å². The molecule has 64 valence electrons. The Morgan fingerprint density at radius 1 is 1.09 bits per heavy atom. The van der Waals surface area contributed by atoms with E-state index in [0.29, 0.717) is 0 Å². The van der Waals surface area contributed by atoms with Crippen molar-refractivity contribution in [2.75, 3.05) is 0 Å². The maximum atomic E-state index is 2.38. The van der Waals surface area contributed by atoms with Crippen LogP contribution in [0.3, 0.4) is 0 Å². The van der Waals surface area contributed by atoms with Gasteiger partial charge in [0.15, 0.2) is 0 Å². The highest BCUT2D eigenvalue weighted by Crippen LogP contribution is 2.33. The standard InChI is InChI=1S/C11H20/c1-4-5-6-11-9(2)7-8-10(11)3/h7-11H,4-6H2,1-3H3/t9-,10+,11?. The number of hydrogen-bond acceptors (Lipinski definition) is 0. The van der Waals surface area contributed by atoms with E-state index in [1.54, 1.807) is 0 Å². The molecule has 1 aliphatic carbocycles. The van der Waals surface area contributed by atoms with Gasteiger partial charge in [-0.05, 0) is 24.2 Å². The maximum absolute atomic E-state index is 2.38. The fourth-order valence-electron chi connectivity index (χ4n) is 2.08. The van der Waals surface area contributed by atoms with Gasteiger partial charge in [0.2, 0.25) is 0 Å². The van der Waals surface area contributed by atoms with Crippen LogP contribution in [0.5, 0.6) is 0 Å². The van der Waals surface area contributed by atoms with Crippen LogP contribution in [0, 0.1) is 17.8 Å². The van der Waals surface area contributed by atoms with Crippen molar-refractivity contribution >= 4 is 0 Å². The first kappa shape index (κ1) is 8.83. The van der Waals surface area contributed by atoms with E-state index in [-0.39, 0.29) is 0 Å². The van der Waals surface area contributed by atoms with Crippen LogP contribution >= 0.6 is 0 Å². The van der Waals surface area contributed by atoms with Gasteiger partial charge >= 0.3 is 0 Å². The van der Waals surface area contributed by atoms with Crippen LogP contribution < -0.4 is 0 Å². The van der Waals surface area contributed by atoms with Crippen LogP contribution in [0.2, 0.25) is 0 Å². The summed E-state index contributed by atoms with van der Waals surface area (Å²) in [6.45, 7) is 6.97. The third kappa shape index (κ3) is 2.08. The van der Waals surface area contributed by atoms with E-state index < -0.39 is 0 Å². The fraction of sp³-hybridized carbons (Fsp3) is 0.818. The lowest BCUT2D eigenvalue weighted by atomic mass is 9.86. The largest absolute Gasteiger partial charge is 0.0851 e. The Hall–Kier alpha value is -0.260. The van der Waals surface area contributed by atoms with Crippen molar-refractivity contribution < 1.29 is 0 Å². The van der Waals surface area contributed by atoms with Gasteiger partial charge in [-0.15, -0.1) is 0 Å². The summed E-state index contributed by atoms with van der Waals surface area (Å²) in [6.07, 6.45) is 8.93. The molecule has 0 spiro atoms. The summed E-state index contributed by atoms with van der Waals surface area (Å²) in [5.41, 5.74) is 0. The molecule has 0 radical (unpaired) electrons. The van der Waals surface area contributed by atoms with Crippen LogP contribution in [0.15, 0.2) is 12.2 Å². The van der Waals surface area contributed by atoms with Crippen molar-refractivity contribution in [3.05, 3.63) is 12.2 Å². The average molecular weight is 152 g/mol. The number of allylic oxidation sites excluding steroid dienone is 2. The third-order valence-electron chi connectivity index (χ3n) is 2.96. The Balaban J connectivity index is 2.33. The molecule has 0 heteroatoms. The second kappa shape index (κ2) is 3.94. The molecule has 0 saturated carbocycles. The monoisotopic (exact) mass is 152 g/mol. The molecule has 0 aliphatic heterocycles. The Morgan fingerprint density at radius 3 is 2.09 bits per heavy atom. The number of unbranched alkanes of at least 4 members (excludes halogenated alkanes) is 1. The zero-order chi connectivity index (χ0) is 8.27. The summed E-state index contributed by atoms with van der Waals surface area (Å²) in [7, 11) is 0. The van der Waals surface area contributed by atoms with E-state index in [1.165, 1.54) is 19.3 Å². The van der Waals surface area contributed by atoms with E-state index in [4.69, 9.17) is 0 Å². The van der Waals surface area contributed by atoms with Gasteiger partial charge in [0.1, 0.15) is 0 Å². The Morgan fingerprint density at radius 2 is 1.64 bits per heavy atom. The molecule has 0 fully saturated rings. The van der Waals surface area contributed by atoms with E-state index in [2.05, 4.69) is 32.9 Å². The highest BCUT2D eigenvalue weighted by atomic mass is 14.3. The van der Waals surface area contributed by atoms with Crippen LogP contribution in [0.25, 0.3) is 0 Å². The maximum Gasteiger partial charge on any atom is -0.0228 e. The molecule has 1 rings (SSSR count).